The molecule has 0 aromatic carbocycles. The third kappa shape index (κ3) is 9.48. The molecule has 50 valence electrons. The summed E-state index contributed by atoms with van der Waals surface area (Å²) in [5.41, 5.74) is 3.48. The fraction of sp³-hybridized carbons (Fsp3) is 0.750. The number of hydrogen-bond acceptors (Lipinski definition) is 2. The zero-order valence-electron chi connectivity index (χ0n) is 4.82. The average Bonchev–Trinajstić information content (AvgIpc) is 1.61. The lowest BCUT2D eigenvalue weighted by molar-refractivity contribution is -0.372. The molecule has 0 rings (SSSR count). The second-order valence-electron chi connectivity index (χ2n) is 1.19. The van der Waals surface area contributed by atoms with E-state index in [1.807, 2.05) is 0 Å². The maximum absolute atomic E-state index is 9.95. The molecular formula is C4H10INO2. The van der Waals surface area contributed by atoms with Crippen molar-refractivity contribution in [2.75, 3.05) is 13.2 Å². The number of rotatable bonds is 2. The summed E-state index contributed by atoms with van der Waals surface area (Å²) in [5.74, 6) is -0.233. The van der Waals surface area contributed by atoms with E-state index in [-0.39, 0.29) is 29.9 Å². The van der Waals surface area contributed by atoms with Crippen molar-refractivity contribution in [2.24, 2.45) is 0 Å². The van der Waals surface area contributed by atoms with Crippen molar-refractivity contribution in [1.29, 1.82) is 0 Å². The molecule has 4 heteroatoms. The second-order valence-corrected chi connectivity index (χ2v) is 1.19. The topological polar surface area (TPSA) is 53.9 Å². The van der Waals surface area contributed by atoms with Crippen LogP contribution in [0.1, 0.15) is 6.92 Å². The molecule has 0 amide bonds. The third-order valence-corrected chi connectivity index (χ3v) is 0.450. The Morgan fingerprint density at radius 1 is 1.75 bits per heavy atom. The van der Waals surface area contributed by atoms with Crippen LogP contribution in [0.4, 0.5) is 0 Å². The van der Waals surface area contributed by atoms with Gasteiger partial charge in [0.15, 0.2) is 0 Å². The van der Waals surface area contributed by atoms with Crippen LogP contribution in [0.5, 0.6) is 0 Å². The molecule has 0 bridgehead atoms. The molecular weight excluding hydrogens is 221 g/mol. The van der Waals surface area contributed by atoms with Crippen molar-refractivity contribution in [3.63, 3.8) is 0 Å². The van der Waals surface area contributed by atoms with Crippen molar-refractivity contribution in [3.05, 3.63) is 0 Å². The molecule has 0 aliphatic heterocycles. The highest BCUT2D eigenvalue weighted by molar-refractivity contribution is 5.65. The number of ether oxygens (including phenoxy) is 1. The van der Waals surface area contributed by atoms with Gasteiger partial charge in [-0.1, -0.05) is 0 Å². The zero-order valence-corrected chi connectivity index (χ0v) is 6.97. The summed E-state index contributed by atoms with van der Waals surface area (Å²) < 4.78 is 4.49. The van der Waals surface area contributed by atoms with E-state index < -0.39 is 0 Å². The smallest absolute Gasteiger partial charge is 0.302 e. The Morgan fingerprint density at radius 3 is 2.38 bits per heavy atom. The van der Waals surface area contributed by atoms with Crippen LogP contribution in [0.3, 0.4) is 0 Å². The van der Waals surface area contributed by atoms with Gasteiger partial charge in [-0.3, -0.25) is 4.79 Å². The lowest BCUT2D eigenvalue weighted by Gasteiger charge is -1.92. The minimum Gasteiger partial charge on any atom is -1.00 e. The molecule has 0 aromatic heterocycles. The fourth-order valence-electron chi connectivity index (χ4n) is 0.216. The molecule has 3 N–H and O–H groups in total. The van der Waals surface area contributed by atoms with Crippen LogP contribution in [-0.2, 0) is 9.53 Å². The summed E-state index contributed by atoms with van der Waals surface area (Å²) in [4.78, 5) is 9.95. The Bertz CT molecular complexity index is 67.1. The van der Waals surface area contributed by atoms with Crippen LogP contribution in [0.2, 0.25) is 0 Å². The van der Waals surface area contributed by atoms with Gasteiger partial charge in [0.2, 0.25) is 0 Å². The van der Waals surface area contributed by atoms with E-state index in [1.165, 1.54) is 6.92 Å². The van der Waals surface area contributed by atoms with Crippen LogP contribution in [-0.4, -0.2) is 19.1 Å². The molecule has 8 heavy (non-hydrogen) atoms. The van der Waals surface area contributed by atoms with E-state index in [2.05, 4.69) is 10.5 Å². The largest absolute Gasteiger partial charge is 1.00 e. The van der Waals surface area contributed by atoms with Gasteiger partial charge in [-0.25, -0.2) is 0 Å². The number of halogens is 1. The first-order chi connectivity index (χ1) is 3.27. The lowest BCUT2D eigenvalue weighted by atomic mass is 10.7. The molecule has 0 aliphatic rings. The Balaban J connectivity index is 0. The standard InChI is InChI=1S/C4H9NO2.HI/c1-4(6)7-3-2-5;/h2-3,5H2,1H3;1H. The SMILES string of the molecule is CC(=O)OCC[NH3+].[I-]. The molecule has 0 aliphatic carbocycles. The van der Waals surface area contributed by atoms with E-state index in [1.54, 1.807) is 0 Å². The van der Waals surface area contributed by atoms with E-state index in [0.717, 1.165) is 0 Å². The first-order valence-electron chi connectivity index (χ1n) is 2.20. The Kier molecular flexibility index (Phi) is 9.87. The maximum Gasteiger partial charge on any atom is 0.302 e. The van der Waals surface area contributed by atoms with Crippen molar-refractivity contribution in [3.8, 4) is 0 Å². The maximum atomic E-state index is 9.95. The van der Waals surface area contributed by atoms with Gasteiger partial charge >= 0.3 is 5.97 Å². The van der Waals surface area contributed by atoms with Gasteiger partial charge in [-0.2, -0.15) is 0 Å². The van der Waals surface area contributed by atoms with Gasteiger partial charge in [0.05, 0.1) is 0 Å². The molecule has 0 unspecified atom stereocenters. The highest BCUT2D eigenvalue weighted by atomic mass is 127. The zero-order chi connectivity index (χ0) is 5.70. The average molecular weight is 231 g/mol. The summed E-state index contributed by atoms with van der Waals surface area (Å²) in [6.45, 7) is 2.48. The highest BCUT2D eigenvalue weighted by Gasteiger charge is 1.87. The van der Waals surface area contributed by atoms with Gasteiger partial charge in [-0.15, -0.1) is 0 Å². The Hall–Kier alpha value is 0.160. The van der Waals surface area contributed by atoms with Gasteiger partial charge in [0, 0.05) is 6.92 Å². The normalized spacial score (nSPS) is 7.25. The van der Waals surface area contributed by atoms with E-state index in [0.29, 0.717) is 13.2 Å². The van der Waals surface area contributed by atoms with Gasteiger partial charge in [0.25, 0.3) is 0 Å². The van der Waals surface area contributed by atoms with E-state index in [9.17, 15) is 4.79 Å². The number of quaternary nitrogens is 1. The number of carbonyl (C=O) groups excluding carboxylic acids is 1. The Labute approximate surface area is 65.6 Å². The predicted octanol–water partition coefficient (Wildman–Crippen LogP) is -4.20. The van der Waals surface area contributed by atoms with Crippen molar-refractivity contribution < 1.29 is 39.2 Å². The van der Waals surface area contributed by atoms with Crippen LogP contribution in [0.25, 0.3) is 0 Å². The number of hydrogen-bond donors (Lipinski definition) is 1. The van der Waals surface area contributed by atoms with Gasteiger partial charge in [0.1, 0.15) is 13.2 Å². The molecule has 3 nitrogen and oxygen atoms in total. The van der Waals surface area contributed by atoms with Crippen molar-refractivity contribution in [1.82, 2.24) is 0 Å². The minimum absolute atomic E-state index is 0. The first-order valence-corrected chi connectivity index (χ1v) is 2.20. The van der Waals surface area contributed by atoms with Crippen LogP contribution >= 0.6 is 0 Å². The molecule has 0 heterocycles. The summed E-state index contributed by atoms with van der Waals surface area (Å²) in [6.07, 6.45) is 0. The molecule has 0 spiro atoms. The van der Waals surface area contributed by atoms with E-state index >= 15 is 0 Å². The monoisotopic (exact) mass is 231 g/mol. The highest BCUT2D eigenvalue weighted by Crippen LogP contribution is 1.69. The van der Waals surface area contributed by atoms with Crippen molar-refractivity contribution >= 4 is 5.97 Å². The molecule has 0 fully saturated rings. The van der Waals surface area contributed by atoms with Crippen molar-refractivity contribution in [2.45, 2.75) is 6.92 Å². The van der Waals surface area contributed by atoms with Gasteiger partial charge in [-0.05, 0) is 0 Å². The fourth-order valence-corrected chi connectivity index (χ4v) is 0.216. The summed E-state index contributed by atoms with van der Waals surface area (Å²) in [7, 11) is 0. The van der Waals surface area contributed by atoms with Crippen LogP contribution in [0.15, 0.2) is 0 Å². The lowest BCUT2D eigenvalue weighted by Crippen LogP contribution is -3.00. The van der Waals surface area contributed by atoms with E-state index in [4.69, 9.17) is 0 Å². The molecule has 0 aromatic rings. The molecule has 0 saturated heterocycles. The van der Waals surface area contributed by atoms with Gasteiger partial charge < -0.3 is 34.4 Å². The Morgan fingerprint density at radius 2 is 2.25 bits per heavy atom. The summed E-state index contributed by atoms with van der Waals surface area (Å²) in [6, 6.07) is 0. The number of esters is 1. The third-order valence-electron chi connectivity index (χ3n) is 0.450. The minimum atomic E-state index is -0.233. The first kappa shape index (κ1) is 11.0. The summed E-state index contributed by atoms with van der Waals surface area (Å²) >= 11 is 0. The second kappa shape index (κ2) is 7.16. The predicted molar refractivity (Wildman–Crippen MR) is 24.4 cm³/mol. The molecule has 0 atom stereocenters. The molecule has 0 radical (unpaired) electrons. The molecule has 0 saturated carbocycles. The quantitative estimate of drug-likeness (QED) is 0.387. The van der Waals surface area contributed by atoms with Crippen LogP contribution in [0, 0.1) is 0 Å². The summed E-state index contributed by atoms with van der Waals surface area (Å²) in [5, 5.41) is 0. The van der Waals surface area contributed by atoms with Crippen LogP contribution < -0.4 is 29.7 Å². The number of carbonyl (C=O) groups is 1.